The molecule has 0 aromatic heterocycles. The zero-order valence-corrected chi connectivity index (χ0v) is 19.6. The Morgan fingerprint density at radius 3 is 2.40 bits per heavy atom. The van der Waals surface area contributed by atoms with Crippen molar-refractivity contribution >= 4 is 35.2 Å². The average molecular weight is 483 g/mol. The van der Waals surface area contributed by atoms with E-state index in [1.807, 2.05) is 11.0 Å². The van der Waals surface area contributed by atoms with Crippen molar-refractivity contribution in [3.63, 3.8) is 0 Å². The minimum atomic E-state index is -0.967. The van der Waals surface area contributed by atoms with Crippen LogP contribution in [0.15, 0.2) is 18.2 Å². The summed E-state index contributed by atoms with van der Waals surface area (Å²) in [4.78, 5) is 69.3. The SMILES string of the molecule is N[C@H]1CCN(C(=O)CCN2CCN(c3ccc4c(c3)C(=O)N(C3CCC(=O)NC3=O)C4=O)CC2)C1. The van der Waals surface area contributed by atoms with Gasteiger partial charge in [-0.2, -0.15) is 0 Å². The third kappa shape index (κ3) is 4.53. The summed E-state index contributed by atoms with van der Waals surface area (Å²) < 4.78 is 0. The van der Waals surface area contributed by atoms with Crippen LogP contribution < -0.4 is 16.0 Å². The fourth-order valence-electron chi connectivity index (χ4n) is 5.31. The van der Waals surface area contributed by atoms with Crippen molar-refractivity contribution in [3.05, 3.63) is 29.3 Å². The largest absolute Gasteiger partial charge is 0.369 e. The van der Waals surface area contributed by atoms with Crippen molar-refractivity contribution in [1.82, 2.24) is 20.0 Å². The molecule has 1 unspecified atom stereocenters. The summed E-state index contributed by atoms with van der Waals surface area (Å²) in [5.41, 5.74) is 7.31. The van der Waals surface area contributed by atoms with Crippen molar-refractivity contribution in [2.75, 3.05) is 50.7 Å². The molecule has 5 amide bonds. The normalized spacial score (nSPS) is 25.3. The number of nitrogens with two attached hydrogens (primary N) is 1. The van der Waals surface area contributed by atoms with Gasteiger partial charge in [-0.25, -0.2) is 0 Å². The van der Waals surface area contributed by atoms with Gasteiger partial charge in [0.25, 0.3) is 11.8 Å². The van der Waals surface area contributed by atoms with Crippen LogP contribution in [-0.4, -0.2) is 102 Å². The zero-order valence-electron chi connectivity index (χ0n) is 19.6. The molecule has 3 fully saturated rings. The molecule has 11 nitrogen and oxygen atoms in total. The maximum Gasteiger partial charge on any atom is 0.262 e. The fraction of sp³-hybridized carbons (Fsp3) is 0.542. The monoisotopic (exact) mass is 482 g/mol. The van der Waals surface area contributed by atoms with Crippen molar-refractivity contribution in [2.45, 2.75) is 37.8 Å². The summed E-state index contributed by atoms with van der Waals surface area (Å²) in [6, 6.07) is 4.31. The topological polar surface area (TPSA) is 136 Å². The molecule has 3 saturated heterocycles. The second kappa shape index (κ2) is 9.38. The molecule has 1 aromatic rings. The third-order valence-corrected chi connectivity index (χ3v) is 7.38. The first kappa shape index (κ1) is 23.4. The van der Waals surface area contributed by atoms with Crippen LogP contribution in [0.1, 0.15) is 46.4 Å². The molecule has 3 N–H and O–H groups in total. The number of amides is 5. The number of hydrogen-bond donors (Lipinski definition) is 2. The number of piperidine rings is 1. The Kier molecular flexibility index (Phi) is 6.28. The maximum atomic E-state index is 13.1. The molecule has 0 spiro atoms. The molecule has 11 heteroatoms. The van der Waals surface area contributed by atoms with Gasteiger partial charge in [0, 0.05) is 70.4 Å². The van der Waals surface area contributed by atoms with E-state index in [1.54, 1.807) is 12.1 Å². The number of hydrogen-bond acceptors (Lipinski definition) is 8. The van der Waals surface area contributed by atoms with E-state index < -0.39 is 29.7 Å². The first-order valence-corrected chi connectivity index (χ1v) is 12.2. The number of carbonyl (C=O) groups is 5. The van der Waals surface area contributed by atoms with Gasteiger partial charge in [-0.1, -0.05) is 0 Å². The van der Waals surface area contributed by atoms with Crippen LogP contribution in [0.4, 0.5) is 5.69 Å². The smallest absolute Gasteiger partial charge is 0.262 e. The molecule has 186 valence electrons. The lowest BCUT2D eigenvalue weighted by atomic mass is 10.0. The van der Waals surface area contributed by atoms with Crippen LogP contribution in [0.2, 0.25) is 0 Å². The molecular weight excluding hydrogens is 452 g/mol. The molecule has 1 aromatic carbocycles. The molecule has 0 bridgehead atoms. The number of nitrogens with one attached hydrogen (secondary N) is 1. The van der Waals surface area contributed by atoms with Crippen LogP contribution in [0.5, 0.6) is 0 Å². The zero-order chi connectivity index (χ0) is 24.7. The first-order chi connectivity index (χ1) is 16.8. The van der Waals surface area contributed by atoms with E-state index in [2.05, 4.69) is 15.1 Å². The lowest BCUT2D eigenvalue weighted by molar-refractivity contribution is -0.136. The number of piperazine rings is 1. The van der Waals surface area contributed by atoms with E-state index in [0.29, 0.717) is 19.5 Å². The standard InChI is InChI=1S/C24H30N6O5/c25-15-5-8-29(14-15)21(32)6-7-27-9-11-28(12-10-27)16-1-2-17-18(13-16)24(35)30(23(17)34)19-3-4-20(31)26-22(19)33/h1-2,13,15,19H,3-12,14,25H2,(H,26,31,33)/t15-,19?/m0/s1. The van der Waals surface area contributed by atoms with E-state index in [4.69, 9.17) is 5.73 Å². The highest BCUT2D eigenvalue weighted by Crippen LogP contribution is 2.31. The lowest BCUT2D eigenvalue weighted by Gasteiger charge is -2.36. The third-order valence-electron chi connectivity index (χ3n) is 7.38. The van der Waals surface area contributed by atoms with Crippen molar-refractivity contribution in [3.8, 4) is 0 Å². The number of likely N-dealkylation sites (tertiary alicyclic amines) is 1. The summed E-state index contributed by atoms with van der Waals surface area (Å²) in [5.74, 6) is -1.85. The summed E-state index contributed by atoms with van der Waals surface area (Å²) in [6.45, 7) is 5.15. The van der Waals surface area contributed by atoms with Crippen LogP contribution >= 0.6 is 0 Å². The minimum Gasteiger partial charge on any atom is -0.369 e. The van der Waals surface area contributed by atoms with Gasteiger partial charge in [0.05, 0.1) is 11.1 Å². The van der Waals surface area contributed by atoms with Crippen LogP contribution in [0, 0.1) is 0 Å². The predicted molar refractivity (Wildman–Crippen MR) is 126 cm³/mol. The Labute approximate surface area is 203 Å². The van der Waals surface area contributed by atoms with Crippen molar-refractivity contribution < 1.29 is 24.0 Å². The summed E-state index contributed by atoms with van der Waals surface area (Å²) >= 11 is 0. The minimum absolute atomic E-state index is 0.0908. The number of fused-ring (bicyclic) bond motifs is 1. The van der Waals surface area contributed by atoms with Crippen LogP contribution in [-0.2, 0) is 14.4 Å². The van der Waals surface area contributed by atoms with E-state index in [0.717, 1.165) is 49.7 Å². The van der Waals surface area contributed by atoms with Gasteiger partial charge >= 0.3 is 0 Å². The van der Waals surface area contributed by atoms with Crippen LogP contribution in [0.25, 0.3) is 0 Å². The Morgan fingerprint density at radius 1 is 0.971 bits per heavy atom. The number of rotatable bonds is 5. The van der Waals surface area contributed by atoms with E-state index in [1.165, 1.54) is 0 Å². The summed E-state index contributed by atoms with van der Waals surface area (Å²) in [5, 5.41) is 2.21. The lowest BCUT2D eigenvalue weighted by Crippen LogP contribution is -2.54. The average Bonchev–Trinajstić information content (AvgIpc) is 3.39. The number of nitrogens with zero attached hydrogens (tertiary/aromatic N) is 4. The fourth-order valence-corrected chi connectivity index (χ4v) is 5.31. The summed E-state index contributed by atoms with van der Waals surface area (Å²) in [7, 11) is 0. The Balaban J connectivity index is 1.18. The highest BCUT2D eigenvalue weighted by atomic mass is 16.2. The molecular formula is C24H30N6O5. The number of imide groups is 2. The van der Waals surface area contributed by atoms with Gasteiger partial charge in [0.2, 0.25) is 17.7 Å². The van der Waals surface area contributed by atoms with Gasteiger partial charge in [-0.15, -0.1) is 0 Å². The number of carbonyl (C=O) groups excluding carboxylic acids is 5. The van der Waals surface area contributed by atoms with E-state index >= 15 is 0 Å². The number of anilines is 1. The van der Waals surface area contributed by atoms with Crippen molar-refractivity contribution in [2.24, 2.45) is 5.73 Å². The van der Waals surface area contributed by atoms with Gasteiger partial charge < -0.3 is 15.5 Å². The molecule has 4 heterocycles. The molecule has 0 aliphatic carbocycles. The van der Waals surface area contributed by atoms with Crippen LogP contribution in [0.3, 0.4) is 0 Å². The van der Waals surface area contributed by atoms with Crippen molar-refractivity contribution in [1.29, 1.82) is 0 Å². The molecule has 35 heavy (non-hydrogen) atoms. The molecule has 0 saturated carbocycles. The quantitative estimate of drug-likeness (QED) is 0.519. The number of benzene rings is 1. The molecule has 0 radical (unpaired) electrons. The van der Waals surface area contributed by atoms with Gasteiger partial charge in [-0.05, 0) is 31.0 Å². The predicted octanol–water partition coefficient (Wildman–Crippen LogP) is -0.840. The Hall–Kier alpha value is -3.31. The van der Waals surface area contributed by atoms with Gasteiger partial charge in [-0.3, -0.25) is 39.1 Å². The summed E-state index contributed by atoms with van der Waals surface area (Å²) in [6.07, 6.45) is 1.58. The van der Waals surface area contributed by atoms with Gasteiger partial charge in [0.1, 0.15) is 6.04 Å². The first-order valence-electron chi connectivity index (χ1n) is 12.2. The van der Waals surface area contributed by atoms with E-state index in [-0.39, 0.29) is 35.9 Å². The second-order valence-electron chi connectivity index (χ2n) is 9.64. The molecule has 4 aliphatic heterocycles. The molecule has 2 atom stereocenters. The maximum absolute atomic E-state index is 13.1. The second-order valence-corrected chi connectivity index (χ2v) is 9.64. The molecule has 4 aliphatic rings. The van der Waals surface area contributed by atoms with E-state index in [9.17, 15) is 24.0 Å². The highest BCUT2D eigenvalue weighted by Gasteiger charge is 2.44. The Bertz CT molecular complexity index is 1080. The Morgan fingerprint density at radius 2 is 1.71 bits per heavy atom. The highest BCUT2D eigenvalue weighted by molar-refractivity contribution is 6.23. The van der Waals surface area contributed by atoms with Gasteiger partial charge in [0.15, 0.2) is 0 Å². The molecule has 5 rings (SSSR count).